The fourth-order valence-corrected chi connectivity index (χ4v) is 1.46. The summed E-state index contributed by atoms with van der Waals surface area (Å²) in [5, 5.41) is 0. The van der Waals surface area contributed by atoms with Crippen LogP contribution >= 0.6 is 15.9 Å². The monoisotopic (exact) mass is 182 g/mol. The molecule has 0 nitrogen and oxygen atoms in total. The minimum absolute atomic E-state index is 1.13. The van der Waals surface area contributed by atoms with Crippen molar-refractivity contribution >= 4 is 36.6 Å². The molecule has 0 saturated heterocycles. The first-order chi connectivity index (χ1) is 3.79. The second-order valence-corrected chi connectivity index (χ2v) is 3.14. The summed E-state index contributed by atoms with van der Waals surface area (Å²) in [6, 6.07) is 8.10. The molecule has 1 aromatic rings. The van der Waals surface area contributed by atoms with Crippen LogP contribution in [0.4, 0.5) is 0 Å². The summed E-state index contributed by atoms with van der Waals surface area (Å²) in [6.07, 6.45) is 0. The van der Waals surface area contributed by atoms with Crippen LogP contribution < -0.4 is 4.43 Å². The Bertz CT molecular complexity index is 168. The molecule has 0 fully saturated rings. The predicted octanol–water partition coefficient (Wildman–Crippen LogP) is 1.24. The van der Waals surface area contributed by atoms with Crippen molar-refractivity contribution < 1.29 is 0 Å². The molecule has 0 aliphatic rings. The summed E-state index contributed by atoms with van der Waals surface area (Å²) in [5.74, 6) is 0. The first-order valence-electron chi connectivity index (χ1n) is 2.30. The van der Waals surface area contributed by atoms with Gasteiger partial charge >= 0.3 is 0 Å². The summed E-state index contributed by atoms with van der Waals surface area (Å²) >= 11 is 5.98. The van der Waals surface area contributed by atoms with Crippen LogP contribution in [0.1, 0.15) is 0 Å². The quantitative estimate of drug-likeness (QED) is 0.531. The van der Waals surface area contributed by atoms with Gasteiger partial charge in [-0.3, -0.25) is 0 Å². The average Bonchev–Trinajstić information content (AvgIpc) is 1.64. The highest BCUT2D eigenvalue weighted by molar-refractivity contribution is 9.10. The van der Waals surface area contributed by atoms with Crippen molar-refractivity contribution in [1.82, 2.24) is 0 Å². The zero-order valence-electron chi connectivity index (χ0n) is 4.26. The van der Waals surface area contributed by atoms with Crippen molar-refractivity contribution in [1.29, 1.82) is 0 Å². The zero-order chi connectivity index (χ0) is 5.98. The van der Waals surface area contributed by atoms with E-state index in [0.717, 1.165) is 4.47 Å². The molecule has 0 aliphatic carbocycles. The Hall–Kier alpha value is 0.232. The third-order valence-corrected chi connectivity index (χ3v) is 1.70. The molecule has 0 amide bonds. The Labute approximate surface area is 65.5 Å². The largest absolute Gasteiger partial charge is 0.175 e. The summed E-state index contributed by atoms with van der Waals surface area (Å²) in [4.78, 5) is 0. The number of hydrogen-bond acceptors (Lipinski definition) is 0. The molecule has 0 aliphatic heterocycles. The van der Waals surface area contributed by atoms with Gasteiger partial charge in [-0.05, 0) is 6.07 Å². The van der Waals surface area contributed by atoms with Crippen molar-refractivity contribution in [3.05, 3.63) is 28.7 Å². The molecule has 1 rings (SSSR count). The molecule has 0 aromatic heterocycles. The van der Waals surface area contributed by atoms with Crippen molar-refractivity contribution in [3.63, 3.8) is 0 Å². The zero-order valence-corrected chi connectivity index (χ0v) is 7.01. The van der Waals surface area contributed by atoms with Gasteiger partial charge in [0.05, 0.1) is 0 Å². The van der Waals surface area contributed by atoms with E-state index in [1.54, 1.807) is 0 Å². The topological polar surface area (TPSA) is 0 Å². The van der Waals surface area contributed by atoms with Gasteiger partial charge < -0.3 is 0 Å². The lowest BCUT2D eigenvalue weighted by Crippen LogP contribution is -1.98. The van der Waals surface area contributed by atoms with Gasteiger partial charge in [-0.25, -0.2) is 0 Å². The van der Waals surface area contributed by atoms with Crippen molar-refractivity contribution in [3.8, 4) is 0 Å². The summed E-state index contributed by atoms with van der Waals surface area (Å²) in [7, 11) is 0. The molecule has 2 heteroatoms. The Balaban J connectivity index is 3.08. The van der Waals surface area contributed by atoms with Gasteiger partial charge in [0.15, 0.2) is 16.3 Å². The first-order valence-corrected chi connectivity index (χ1v) is 3.67. The highest BCUT2D eigenvalue weighted by atomic mass is 79.9. The van der Waals surface area contributed by atoms with Crippen LogP contribution in [0.5, 0.6) is 0 Å². The third kappa shape index (κ3) is 1.63. The average molecular weight is 183 g/mol. The van der Waals surface area contributed by atoms with Crippen LogP contribution in [-0.2, 0) is 0 Å². The molecule has 38 valence electrons. The molecule has 0 unspecified atom stereocenters. The molecule has 0 spiro atoms. The van der Waals surface area contributed by atoms with Gasteiger partial charge in [-0.2, -0.15) is 0 Å². The van der Waals surface area contributed by atoms with Gasteiger partial charge in [0, 0.05) is 4.47 Å². The summed E-state index contributed by atoms with van der Waals surface area (Å²) in [5.41, 5.74) is 0. The molecule has 0 heterocycles. The van der Waals surface area contributed by atoms with E-state index < -0.39 is 0 Å². The highest BCUT2D eigenvalue weighted by Crippen LogP contribution is 2.03. The molecule has 0 atom stereocenters. The molecule has 2 radical (unpaired) electrons. The summed E-state index contributed by atoms with van der Waals surface area (Å²) in [6.45, 7) is 0. The lowest BCUT2D eigenvalue weighted by Gasteiger charge is -1.90. The molecule has 8 heavy (non-hydrogen) atoms. The minimum Gasteiger partial charge on any atom is -0.138 e. The second-order valence-electron chi connectivity index (χ2n) is 1.56. The lowest BCUT2D eigenvalue weighted by atomic mass is 10.4. The van der Waals surface area contributed by atoms with Crippen LogP contribution in [0.15, 0.2) is 28.7 Å². The van der Waals surface area contributed by atoms with E-state index in [9.17, 15) is 0 Å². The maximum Gasteiger partial charge on any atom is 0.175 e. The lowest BCUT2D eigenvalue weighted by molar-refractivity contribution is 1.70. The number of hydrogen-bond donors (Lipinski definition) is 0. The van der Waals surface area contributed by atoms with Crippen molar-refractivity contribution in [2.24, 2.45) is 0 Å². The number of benzene rings is 1. The van der Waals surface area contributed by atoms with Gasteiger partial charge in [-0.15, -0.1) is 4.43 Å². The minimum atomic E-state index is 1.13. The molecule has 1 aromatic carbocycles. The molecule has 0 saturated carbocycles. The maximum atomic E-state index is 3.35. The van der Waals surface area contributed by atoms with E-state index in [2.05, 4.69) is 32.2 Å². The Kier molecular flexibility index (Phi) is 2.13. The Morgan fingerprint density at radius 2 is 2.12 bits per heavy atom. The highest BCUT2D eigenvalue weighted by Gasteiger charge is 1.81. The first kappa shape index (κ1) is 6.35. The number of halogens is 1. The maximum absolute atomic E-state index is 3.35. The van der Waals surface area contributed by atoms with E-state index in [4.69, 9.17) is 0 Å². The Morgan fingerprint density at radius 1 is 1.38 bits per heavy atom. The van der Waals surface area contributed by atoms with Crippen LogP contribution in [-0.4, -0.2) is 16.3 Å². The third-order valence-electron chi connectivity index (χ3n) is 0.849. The van der Waals surface area contributed by atoms with Crippen LogP contribution in [0.3, 0.4) is 0 Å². The van der Waals surface area contributed by atoms with E-state index in [0.29, 0.717) is 0 Å². The fourth-order valence-electron chi connectivity index (χ4n) is 0.507. The normalized spacial score (nSPS) is 9.12. The van der Waals surface area contributed by atoms with Crippen molar-refractivity contribution in [2.75, 3.05) is 0 Å². The Morgan fingerprint density at radius 3 is 2.50 bits per heavy atom. The van der Waals surface area contributed by atoms with Gasteiger partial charge in [0.1, 0.15) is 0 Å². The van der Waals surface area contributed by atoms with Gasteiger partial charge in [0.2, 0.25) is 0 Å². The molecule has 0 bridgehead atoms. The molecule has 0 N–H and O–H groups in total. The van der Waals surface area contributed by atoms with Gasteiger partial charge in [-0.1, -0.05) is 34.1 Å². The van der Waals surface area contributed by atoms with Crippen LogP contribution in [0.2, 0.25) is 0 Å². The van der Waals surface area contributed by atoms with Crippen molar-refractivity contribution in [2.45, 2.75) is 0 Å². The van der Waals surface area contributed by atoms with Gasteiger partial charge in [0.25, 0.3) is 0 Å². The summed E-state index contributed by atoms with van der Waals surface area (Å²) < 4.78 is 2.34. The number of rotatable bonds is 0. The predicted molar refractivity (Wildman–Crippen MR) is 39.5 cm³/mol. The fraction of sp³-hybridized carbons (Fsp3) is 0. The smallest absolute Gasteiger partial charge is 0.138 e. The van der Waals surface area contributed by atoms with E-state index >= 15 is 0 Å². The SMILES string of the molecule is [Al][c]1cccc(Br)c1. The van der Waals surface area contributed by atoms with E-state index in [-0.39, 0.29) is 0 Å². The second kappa shape index (κ2) is 2.68. The van der Waals surface area contributed by atoms with E-state index in [1.165, 1.54) is 4.43 Å². The van der Waals surface area contributed by atoms with Crippen LogP contribution in [0, 0.1) is 0 Å². The molecular formula is C6H4AlBr. The standard InChI is InChI=1S/C6H4Br.Al/c7-6-4-2-1-3-5-6;/h1-2,4-5H;. The molecular weight excluding hydrogens is 179 g/mol. The van der Waals surface area contributed by atoms with Crippen LogP contribution in [0.25, 0.3) is 0 Å². The van der Waals surface area contributed by atoms with E-state index in [1.807, 2.05) is 24.3 Å².